The van der Waals surface area contributed by atoms with Gasteiger partial charge < -0.3 is 14.2 Å². The Kier molecular flexibility index (Phi) is 4.70. The van der Waals surface area contributed by atoms with Crippen molar-refractivity contribution >= 4 is 10.0 Å². The lowest BCUT2D eigenvalue weighted by Gasteiger charge is -2.43. The van der Waals surface area contributed by atoms with Gasteiger partial charge in [0.2, 0.25) is 10.0 Å². The number of nitrogens with zero attached hydrogens (tertiary/aromatic N) is 1. The van der Waals surface area contributed by atoms with Crippen molar-refractivity contribution in [2.24, 2.45) is 0 Å². The van der Waals surface area contributed by atoms with E-state index in [4.69, 9.17) is 14.2 Å². The number of methoxy groups -OCH3 is 2. The zero-order valence-electron chi connectivity index (χ0n) is 13.6. The fourth-order valence-electron chi connectivity index (χ4n) is 2.48. The molecule has 1 saturated heterocycles. The first-order valence-corrected chi connectivity index (χ1v) is 8.53. The molecule has 0 spiro atoms. The summed E-state index contributed by atoms with van der Waals surface area (Å²) in [6, 6.07) is 4.76. The molecular formula is C15H23NO5S. The van der Waals surface area contributed by atoms with Gasteiger partial charge in [0.1, 0.15) is 16.4 Å². The van der Waals surface area contributed by atoms with Crippen LogP contribution in [0.3, 0.4) is 0 Å². The largest absolute Gasteiger partial charge is 0.497 e. The van der Waals surface area contributed by atoms with Crippen LogP contribution in [0.2, 0.25) is 0 Å². The first kappa shape index (κ1) is 17.1. The molecule has 1 aliphatic heterocycles. The molecule has 1 heterocycles. The number of ether oxygens (including phenoxy) is 3. The van der Waals surface area contributed by atoms with E-state index < -0.39 is 15.6 Å². The normalized spacial score (nSPS) is 22.3. The highest BCUT2D eigenvalue weighted by Gasteiger charge is 2.43. The van der Waals surface area contributed by atoms with Gasteiger partial charge in [-0.25, -0.2) is 8.42 Å². The van der Waals surface area contributed by atoms with E-state index in [1.165, 1.54) is 24.6 Å². The third kappa shape index (κ3) is 3.06. The summed E-state index contributed by atoms with van der Waals surface area (Å²) in [6.07, 6.45) is -0.153. The monoisotopic (exact) mass is 329 g/mol. The molecule has 1 atom stereocenters. The van der Waals surface area contributed by atoms with Gasteiger partial charge in [0.15, 0.2) is 0 Å². The summed E-state index contributed by atoms with van der Waals surface area (Å²) < 4.78 is 43.7. The van der Waals surface area contributed by atoms with Gasteiger partial charge in [-0.05, 0) is 32.9 Å². The van der Waals surface area contributed by atoms with Crippen LogP contribution in [0.15, 0.2) is 23.1 Å². The molecule has 0 bridgehead atoms. The molecule has 7 heteroatoms. The maximum Gasteiger partial charge on any atom is 0.247 e. The predicted molar refractivity (Wildman–Crippen MR) is 82.9 cm³/mol. The van der Waals surface area contributed by atoms with Crippen LogP contribution in [-0.2, 0) is 14.8 Å². The van der Waals surface area contributed by atoms with Gasteiger partial charge in [-0.1, -0.05) is 0 Å². The average molecular weight is 329 g/mol. The minimum absolute atomic E-state index is 0.108. The molecule has 2 rings (SSSR count). The average Bonchev–Trinajstić information content (AvgIpc) is 2.48. The fraction of sp³-hybridized carbons (Fsp3) is 0.600. The van der Waals surface area contributed by atoms with Gasteiger partial charge in [-0.3, -0.25) is 0 Å². The van der Waals surface area contributed by atoms with Crippen molar-refractivity contribution in [3.63, 3.8) is 0 Å². The Labute approximate surface area is 132 Å². The quantitative estimate of drug-likeness (QED) is 0.844. The molecule has 1 aliphatic rings. The molecule has 1 aromatic carbocycles. The number of rotatable bonds is 4. The topological polar surface area (TPSA) is 65.1 Å². The van der Waals surface area contributed by atoms with Gasteiger partial charge >= 0.3 is 0 Å². The Morgan fingerprint density at radius 2 is 1.95 bits per heavy atom. The van der Waals surface area contributed by atoms with Crippen LogP contribution < -0.4 is 9.47 Å². The van der Waals surface area contributed by atoms with E-state index in [1.54, 1.807) is 12.1 Å². The van der Waals surface area contributed by atoms with Gasteiger partial charge in [0, 0.05) is 12.6 Å². The molecule has 1 fully saturated rings. The van der Waals surface area contributed by atoms with Crippen molar-refractivity contribution in [3.05, 3.63) is 18.2 Å². The van der Waals surface area contributed by atoms with Crippen LogP contribution in [0.5, 0.6) is 11.5 Å². The summed E-state index contributed by atoms with van der Waals surface area (Å²) in [5, 5.41) is 0. The van der Waals surface area contributed by atoms with Crippen LogP contribution in [0.4, 0.5) is 0 Å². The van der Waals surface area contributed by atoms with E-state index in [9.17, 15) is 8.42 Å². The predicted octanol–water partition coefficient (Wildman–Crippen LogP) is 1.89. The highest BCUT2D eigenvalue weighted by molar-refractivity contribution is 7.89. The van der Waals surface area contributed by atoms with Crippen LogP contribution >= 0.6 is 0 Å². The maximum absolute atomic E-state index is 13.1. The summed E-state index contributed by atoms with van der Waals surface area (Å²) in [5.74, 6) is 0.772. The standard InChI is InChI=1S/C15H23NO5S/c1-11-9-16(15(2,3)10-21-11)22(17,18)14-8-12(19-4)6-7-13(14)20-5/h6-8,11H,9-10H2,1-5H3. The molecule has 0 N–H and O–H groups in total. The highest BCUT2D eigenvalue weighted by Crippen LogP contribution is 2.35. The molecule has 6 nitrogen and oxygen atoms in total. The third-order valence-corrected chi connectivity index (χ3v) is 5.86. The Hall–Kier alpha value is -1.31. The molecule has 1 unspecified atom stereocenters. The second kappa shape index (κ2) is 6.06. The van der Waals surface area contributed by atoms with Gasteiger partial charge in [-0.2, -0.15) is 4.31 Å². The maximum atomic E-state index is 13.1. The van der Waals surface area contributed by atoms with Crippen LogP contribution in [0, 0.1) is 0 Å². The summed E-state index contributed by atoms with van der Waals surface area (Å²) in [5.41, 5.74) is -0.626. The highest BCUT2D eigenvalue weighted by atomic mass is 32.2. The zero-order chi connectivity index (χ0) is 16.5. The summed E-state index contributed by atoms with van der Waals surface area (Å²) in [4.78, 5) is 0.108. The van der Waals surface area contributed by atoms with Crippen LogP contribution in [-0.4, -0.2) is 51.7 Å². The Balaban J connectivity index is 2.53. The summed E-state index contributed by atoms with van der Waals surface area (Å²) >= 11 is 0. The lowest BCUT2D eigenvalue weighted by Crippen LogP contribution is -2.57. The smallest absolute Gasteiger partial charge is 0.247 e. The minimum atomic E-state index is -3.73. The van der Waals surface area contributed by atoms with Crippen molar-refractivity contribution in [2.75, 3.05) is 27.4 Å². The number of hydrogen-bond acceptors (Lipinski definition) is 5. The molecular weight excluding hydrogens is 306 g/mol. The third-order valence-electron chi connectivity index (χ3n) is 3.76. The molecule has 22 heavy (non-hydrogen) atoms. The van der Waals surface area contributed by atoms with E-state index >= 15 is 0 Å². The van der Waals surface area contributed by atoms with Crippen molar-refractivity contribution in [1.29, 1.82) is 0 Å². The van der Waals surface area contributed by atoms with Crippen molar-refractivity contribution in [3.8, 4) is 11.5 Å². The molecule has 0 saturated carbocycles. The van der Waals surface area contributed by atoms with Crippen LogP contribution in [0.1, 0.15) is 20.8 Å². The van der Waals surface area contributed by atoms with Crippen LogP contribution in [0.25, 0.3) is 0 Å². The number of benzene rings is 1. The second-order valence-electron chi connectivity index (χ2n) is 5.99. The number of morpholine rings is 1. The molecule has 1 aromatic rings. The van der Waals surface area contributed by atoms with Crippen molar-refractivity contribution in [1.82, 2.24) is 4.31 Å². The molecule has 0 radical (unpaired) electrons. The van der Waals surface area contributed by atoms with E-state index in [2.05, 4.69) is 0 Å². The number of sulfonamides is 1. The fourth-order valence-corrected chi connectivity index (χ4v) is 4.50. The van der Waals surface area contributed by atoms with E-state index in [1.807, 2.05) is 20.8 Å². The van der Waals surface area contributed by atoms with E-state index in [-0.39, 0.29) is 11.0 Å². The van der Waals surface area contributed by atoms with E-state index in [0.717, 1.165) is 0 Å². The Morgan fingerprint density at radius 1 is 1.27 bits per heavy atom. The molecule has 0 aliphatic carbocycles. The van der Waals surface area contributed by atoms with Gasteiger partial charge in [-0.15, -0.1) is 0 Å². The van der Waals surface area contributed by atoms with Crippen molar-refractivity contribution < 1.29 is 22.6 Å². The first-order valence-electron chi connectivity index (χ1n) is 7.09. The zero-order valence-corrected chi connectivity index (χ0v) is 14.4. The molecule has 0 aromatic heterocycles. The van der Waals surface area contributed by atoms with Crippen molar-refractivity contribution in [2.45, 2.75) is 37.3 Å². The Morgan fingerprint density at radius 3 is 2.55 bits per heavy atom. The summed E-state index contributed by atoms with van der Waals surface area (Å²) in [7, 11) is -0.778. The first-order chi connectivity index (χ1) is 10.2. The molecule has 124 valence electrons. The Bertz CT molecular complexity index is 641. The van der Waals surface area contributed by atoms with Gasteiger partial charge in [0.25, 0.3) is 0 Å². The molecule has 0 amide bonds. The number of hydrogen-bond donors (Lipinski definition) is 0. The lowest BCUT2D eigenvalue weighted by molar-refractivity contribution is -0.0551. The lowest BCUT2D eigenvalue weighted by atomic mass is 10.1. The SMILES string of the molecule is COc1ccc(OC)c(S(=O)(=O)N2CC(C)OCC2(C)C)c1. The second-order valence-corrected chi connectivity index (χ2v) is 7.82. The summed E-state index contributed by atoms with van der Waals surface area (Å²) in [6.45, 7) is 6.21. The van der Waals surface area contributed by atoms with Gasteiger partial charge in [0.05, 0.1) is 32.5 Å². The van der Waals surface area contributed by atoms with E-state index in [0.29, 0.717) is 24.7 Å². The minimum Gasteiger partial charge on any atom is -0.497 e.